The number of aliphatic carboxylic acids is 1. The molecule has 0 bridgehead atoms. The summed E-state index contributed by atoms with van der Waals surface area (Å²) in [4.78, 5) is 10.4. The molecule has 0 aromatic heterocycles. The third-order valence-corrected chi connectivity index (χ3v) is 2.32. The molecule has 0 amide bonds. The highest BCUT2D eigenvalue weighted by Gasteiger charge is 2.16. The summed E-state index contributed by atoms with van der Waals surface area (Å²) in [6.45, 7) is 3.63. The Morgan fingerprint density at radius 2 is 2.30 bits per heavy atom. The first-order chi connectivity index (χ1) is 4.57. The van der Waals surface area contributed by atoms with Gasteiger partial charge in [-0.1, -0.05) is 6.92 Å². The van der Waals surface area contributed by atoms with E-state index in [9.17, 15) is 4.79 Å². The zero-order chi connectivity index (χ0) is 8.15. The number of carbonyl (C=O) groups is 1. The van der Waals surface area contributed by atoms with Gasteiger partial charge < -0.3 is 10.8 Å². The van der Waals surface area contributed by atoms with Crippen molar-refractivity contribution in [2.75, 3.05) is 0 Å². The average Bonchev–Trinajstić information content (AvgIpc) is 1.81. The Bertz CT molecular complexity index is 116. The lowest BCUT2D eigenvalue weighted by molar-refractivity contribution is -0.136. The number of nitrogens with two attached hydrogens (primary N) is 1. The largest absolute Gasteiger partial charge is 0.480 e. The van der Waals surface area contributed by atoms with Crippen LogP contribution in [0.5, 0.6) is 0 Å². The summed E-state index contributed by atoms with van der Waals surface area (Å²) in [6, 6.07) is 0. The van der Waals surface area contributed by atoms with Gasteiger partial charge >= 0.3 is 5.97 Å². The Balaban J connectivity index is 3.72. The van der Waals surface area contributed by atoms with Gasteiger partial charge in [0.25, 0.3) is 0 Å². The van der Waals surface area contributed by atoms with Crippen LogP contribution in [0.1, 0.15) is 20.3 Å². The van der Waals surface area contributed by atoms with Crippen LogP contribution in [0.15, 0.2) is 0 Å². The van der Waals surface area contributed by atoms with Crippen molar-refractivity contribution in [3.8, 4) is 0 Å². The SMILES string of the molecule is CCC(SC(C)N)C(=O)O. The highest BCUT2D eigenvalue weighted by Crippen LogP contribution is 2.16. The molecule has 2 atom stereocenters. The lowest BCUT2D eigenvalue weighted by Gasteiger charge is -2.11. The molecule has 0 rings (SSSR count). The summed E-state index contributed by atoms with van der Waals surface area (Å²) in [7, 11) is 0. The maximum atomic E-state index is 10.4. The van der Waals surface area contributed by atoms with Gasteiger partial charge in [-0.05, 0) is 13.3 Å². The van der Waals surface area contributed by atoms with Gasteiger partial charge in [0.15, 0.2) is 0 Å². The monoisotopic (exact) mass is 163 g/mol. The molecule has 4 heteroatoms. The molecule has 0 saturated carbocycles. The highest BCUT2D eigenvalue weighted by atomic mass is 32.2. The number of thioether (sulfide) groups is 1. The molecule has 0 aliphatic carbocycles. The second-order valence-corrected chi connectivity index (χ2v) is 3.66. The minimum atomic E-state index is -0.773. The van der Waals surface area contributed by atoms with Crippen LogP contribution in [-0.4, -0.2) is 21.7 Å². The van der Waals surface area contributed by atoms with Gasteiger partial charge in [0.05, 0.1) is 0 Å². The maximum Gasteiger partial charge on any atom is 0.316 e. The molecule has 3 nitrogen and oxygen atoms in total. The van der Waals surface area contributed by atoms with Gasteiger partial charge in [-0.25, -0.2) is 0 Å². The van der Waals surface area contributed by atoms with Crippen LogP contribution < -0.4 is 5.73 Å². The van der Waals surface area contributed by atoms with Gasteiger partial charge in [0.1, 0.15) is 5.25 Å². The second-order valence-electron chi connectivity index (χ2n) is 2.08. The Kier molecular flexibility index (Phi) is 4.47. The van der Waals surface area contributed by atoms with E-state index in [1.807, 2.05) is 6.92 Å². The standard InChI is InChI=1S/C6H13NO2S/c1-3-5(6(8)9)10-4(2)7/h4-5H,3,7H2,1-2H3,(H,8,9). The molecule has 0 radical (unpaired) electrons. The summed E-state index contributed by atoms with van der Waals surface area (Å²) in [5, 5.41) is 8.10. The van der Waals surface area contributed by atoms with Crippen molar-refractivity contribution in [1.29, 1.82) is 0 Å². The first kappa shape index (κ1) is 9.78. The van der Waals surface area contributed by atoms with Crippen molar-refractivity contribution < 1.29 is 9.90 Å². The van der Waals surface area contributed by atoms with Crippen molar-refractivity contribution in [2.24, 2.45) is 5.73 Å². The van der Waals surface area contributed by atoms with Crippen LogP contribution in [0.3, 0.4) is 0 Å². The number of hydrogen-bond acceptors (Lipinski definition) is 3. The lowest BCUT2D eigenvalue weighted by Crippen LogP contribution is -2.22. The third kappa shape index (κ3) is 3.74. The summed E-state index contributed by atoms with van der Waals surface area (Å²) in [5.41, 5.74) is 5.41. The Labute approximate surface area is 65.0 Å². The molecule has 0 aliphatic rings. The molecule has 0 aromatic carbocycles. The van der Waals surface area contributed by atoms with E-state index < -0.39 is 5.97 Å². The normalized spacial score (nSPS) is 16.3. The maximum absolute atomic E-state index is 10.4. The molecule has 0 spiro atoms. The van der Waals surface area contributed by atoms with E-state index in [-0.39, 0.29) is 10.6 Å². The predicted octanol–water partition coefficient (Wildman–Crippen LogP) is 0.888. The van der Waals surface area contributed by atoms with Crippen molar-refractivity contribution >= 4 is 17.7 Å². The third-order valence-electron chi connectivity index (χ3n) is 1.03. The van der Waals surface area contributed by atoms with E-state index in [2.05, 4.69) is 0 Å². The van der Waals surface area contributed by atoms with Crippen LogP contribution in [0.25, 0.3) is 0 Å². The lowest BCUT2D eigenvalue weighted by atomic mass is 10.3. The van der Waals surface area contributed by atoms with Gasteiger partial charge in [-0.15, -0.1) is 11.8 Å². The van der Waals surface area contributed by atoms with Crippen molar-refractivity contribution in [1.82, 2.24) is 0 Å². The zero-order valence-corrected chi connectivity index (χ0v) is 7.02. The van der Waals surface area contributed by atoms with E-state index in [1.54, 1.807) is 6.92 Å². The summed E-state index contributed by atoms with van der Waals surface area (Å²) < 4.78 is 0. The van der Waals surface area contributed by atoms with E-state index in [1.165, 1.54) is 11.8 Å². The summed E-state index contributed by atoms with van der Waals surface area (Å²) >= 11 is 1.29. The van der Waals surface area contributed by atoms with E-state index in [0.717, 1.165) is 0 Å². The van der Waals surface area contributed by atoms with Gasteiger partial charge in [-0.2, -0.15) is 0 Å². The quantitative estimate of drug-likeness (QED) is 0.604. The molecule has 3 N–H and O–H groups in total. The Morgan fingerprint density at radius 1 is 1.80 bits per heavy atom. The van der Waals surface area contributed by atoms with Gasteiger partial charge in [0, 0.05) is 5.37 Å². The molecule has 60 valence electrons. The van der Waals surface area contributed by atoms with Crippen LogP contribution in [0.2, 0.25) is 0 Å². The van der Waals surface area contributed by atoms with Crippen LogP contribution in [-0.2, 0) is 4.79 Å². The zero-order valence-electron chi connectivity index (χ0n) is 6.20. The van der Waals surface area contributed by atoms with Gasteiger partial charge in [0.2, 0.25) is 0 Å². The van der Waals surface area contributed by atoms with E-state index in [4.69, 9.17) is 10.8 Å². The number of carboxylic acids is 1. The predicted molar refractivity (Wildman–Crippen MR) is 43.0 cm³/mol. The van der Waals surface area contributed by atoms with Crippen molar-refractivity contribution in [2.45, 2.75) is 30.9 Å². The summed E-state index contributed by atoms with van der Waals surface area (Å²) in [6.07, 6.45) is 0.627. The fourth-order valence-corrected chi connectivity index (χ4v) is 1.42. The molecular weight excluding hydrogens is 150 g/mol. The van der Waals surface area contributed by atoms with Crippen LogP contribution in [0.4, 0.5) is 0 Å². The molecule has 0 fully saturated rings. The number of rotatable bonds is 4. The molecule has 2 unspecified atom stereocenters. The number of carboxylic acid groups (broad SMARTS) is 1. The molecule has 0 aromatic rings. The first-order valence-corrected chi connectivity index (χ1v) is 4.16. The molecule has 0 saturated heterocycles. The Hall–Kier alpha value is -0.220. The molecule has 0 heterocycles. The van der Waals surface area contributed by atoms with E-state index >= 15 is 0 Å². The smallest absolute Gasteiger partial charge is 0.316 e. The number of hydrogen-bond donors (Lipinski definition) is 2. The molecular formula is C6H13NO2S. The first-order valence-electron chi connectivity index (χ1n) is 3.21. The average molecular weight is 163 g/mol. The Morgan fingerprint density at radius 3 is 2.40 bits per heavy atom. The fraction of sp³-hybridized carbons (Fsp3) is 0.833. The summed E-state index contributed by atoms with van der Waals surface area (Å²) in [5.74, 6) is -0.773. The fourth-order valence-electron chi connectivity index (χ4n) is 0.588. The van der Waals surface area contributed by atoms with Crippen LogP contribution in [0, 0.1) is 0 Å². The molecule has 10 heavy (non-hydrogen) atoms. The topological polar surface area (TPSA) is 63.3 Å². The van der Waals surface area contributed by atoms with Crippen molar-refractivity contribution in [3.05, 3.63) is 0 Å². The van der Waals surface area contributed by atoms with Gasteiger partial charge in [-0.3, -0.25) is 4.79 Å². The minimum Gasteiger partial charge on any atom is -0.480 e. The van der Waals surface area contributed by atoms with Crippen molar-refractivity contribution in [3.63, 3.8) is 0 Å². The van der Waals surface area contributed by atoms with E-state index in [0.29, 0.717) is 6.42 Å². The second kappa shape index (κ2) is 4.57. The highest BCUT2D eigenvalue weighted by molar-refractivity contribution is 8.01. The molecule has 0 aliphatic heterocycles. The minimum absolute atomic E-state index is 0.0963. The van der Waals surface area contributed by atoms with Crippen LogP contribution >= 0.6 is 11.8 Å².